The molecule has 1 aliphatic rings. The monoisotopic (exact) mass is 292 g/mol. The first-order chi connectivity index (χ1) is 5.77. The maximum atomic E-state index is 4.25. The molecule has 2 rings (SSSR count). The highest BCUT2D eigenvalue weighted by molar-refractivity contribution is 9.11. The Morgan fingerprint density at radius 3 is 2.50 bits per heavy atom. The lowest BCUT2D eigenvalue weighted by molar-refractivity contribution is 0.508. The molecule has 0 unspecified atom stereocenters. The Morgan fingerprint density at radius 2 is 2.00 bits per heavy atom. The number of hydrogen-bond donors (Lipinski definition) is 0. The van der Waals surface area contributed by atoms with Crippen LogP contribution in [0.1, 0.15) is 31.7 Å². The van der Waals surface area contributed by atoms with Crippen LogP contribution in [0.25, 0.3) is 0 Å². The lowest BCUT2D eigenvalue weighted by atomic mass is 10.2. The van der Waals surface area contributed by atoms with Gasteiger partial charge in [0.15, 0.2) is 4.73 Å². The minimum absolute atomic E-state index is 0.665. The summed E-state index contributed by atoms with van der Waals surface area (Å²) in [4.78, 5) is 4.25. The average Bonchev–Trinajstić information content (AvgIpc) is 2.58. The van der Waals surface area contributed by atoms with Crippen LogP contribution in [-0.4, -0.2) is 9.55 Å². The standard InChI is InChI=1S/C8H10Br2N2/c9-7-5-12(8(10)11-7)6-3-1-2-4-6/h5-6H,1-4H2. The van der Waals surface area contributed by atoms with Crippen LogP contribution in [0.15, 0.2) is 15.5 Å². The molecule has 0 saturated heterocycles. The third-order valence-electron chi connectivity index (χ3n) is 2.38. The van der Waals surface area contributed by atoms with Crippen molar-refractivity contribution in [1.82, 2.24) is 9.55 Å². The van der Waals surface area contributed by atoms with E-state index in [2.05, 4.69) is 47.6 Å². The van der Waals surface area contributed by atoms with Crippen LogP contribution in [0.2, 0.25) is 0 Å². The number of aromatic nitrogens is 2. The van der Waals surface area contributed by atoms with Gasteiger partial charge in [-0.25, -0.2) is 4.98 Å². The van der Waals surface area contributed by atoms with Gasteiger partial charge in [-0.1, -0.05) is 12.8 Å². The molecular formula is C8H10Br2N2. The summed E-state index contributed by atoms with van der Waals surface area (Å²) in [5, 5.41) is 0. The van der Waals surface area contributed by atoms with Crippen LogP contribution in [0.3, 0.4) is 0 Å². The van der Waals surface area contributed by atoms with E-state index in [0.717, 1.165) is 9.34 Å². The van der Waals surface area contributed by atoms with Gasteiger partial charge in [0.1, 0.15) is 4.60 Å². The second-order valence-corrected chi connectivity index (χ2v) is 4.70. The van der Waals surface area contributed by atoms with E-state index in [-0.39, 0.29) is 0 Å². The molecule has 66 valence electrons. The van der Waals surface area contributed by atoms with Gasteiger partial charge in [0.2, 0.25) is 0 Å². The fourth-order valence-corrected chi connectivity index (χ4v) is 2.99. The largest absolute Gasteiger partial charge is 0.321 e. The van der Waals surface area contributed by atoms with Crippen molar-refractivity contribution in [3.63, 3.8) is 0 Å². The maximum absolute atomic E-state index is 4.25. The first-order valence-electron chi connectivity index (χ1n) is 4.17. The third kappa shape index (κ3) is 1.59. The van der Waals surface area contributed by atoms with E-state index in [4.69, 9.17) is 0 Å². The SMILES string of the molecule is Brc1cn(C2CCCC2)c(Br)n1. The van der Waals surface area contributed by atoms with Crippen LogP contribution in [-0.2, 0) is 0 Å². The van der Waals surface area contributed by atoms with Gasteiger partial charge in [0.05, 0.1) is 0 Å². The first-order valence-corrected chi connectivity index (χ1v) is 5.76. The molecule has 2 nitrogen and oxygen atoms in total. The fraction of sp³-hybridized carbons (Fsp3) is 0.625. The molecule has 1 aliphatic carbocycles. The zero-order valence-corrected chi connectivity index (χ0v) is 9.81. The molecule has 0 bridgehead atoms. The second kappa shape index (κ2) is 3.50. The predicted molar refractivity (Wildman–Crippen MR) is 55.1 cm³/mol. The Hall–Kier alpha value is 0.170. The molecule has 0 N–H and O–H groups in total. The van der Waals surface area contributed by atoms with Crippen molar-refractivity contribution in [2.24, 2.45) is 0 Å². The summed E-state index contributed by atoms with van der Waals surface area (Å²) in [6.45, 7) is 0. The van der Waals surface area contributed by atoms with Crippen LogP contribution in [0.4, 0.5) is 0 Å². The van der Waals surface area contributed by atoms with Crippen molar-refractivity contribution in [2.45, 2.75) is 31.7 Å². The van der Waals surface area contributed by atoms with Gasteiger partial charge in [-0.15, -0.1) is 0 Å². The van der Waals surface area contributed by atoms with Crippen LogP contribution in [0, 0.1) is 0 Å². The molecule has 1 aromatic heterocycles. The molecular weight excluding hydrogens is 284 g/mol. The molecule has 0 radical (unpaired) electrons. The van der Waals surface area contributed by atoms with Gasteiger partial charge < -0.3 is 4.57 Å². The summed E-state index contributed by atoms with van der Waals surface area (Å²) in [7, 11) is 0. The topological polar surface area (TPSA) is 17.8 Å². The highest BCUT2D eigenvalue weighted by atomic mass is 79.9. The third-order valence-corrected chi connectivity index (χ3v) is 3.34. The zero-order chi connectivity index (χ0) is 8.55. The van der Waals surface area contributed by atoms with Crippen molar-refractivity contribution in [2.75, 3.05) is 0 Å². The Balaban J connectivity index is 2.25. The van der Waals surface area contributed by atoms with Crippen LogP contribution < -0.4 is 0 Å². The number of nitrogens with zero attached hydrogens (tertiary/aromatic N) is 2. The van der Waals surface area contributed by atoms with Crippen LogP contribution >= 0.6 is 31.9 Å². The molecule has 1 heterocycles. The Labute approximate surface area is 88.6 Å². The van der Waals surface area contributed by atoms with Gasteiger partial charge in [-0.05, 0) is 44.7 Å². The molecule has 0 amide bonds. The first kappa shape index (κ1) is 8.75. The average molecular weight is 294 g/mol. The Bertz CT molecular complexity index is 277. The van der Waals surface area contributed by atoms with E-state index in [1.54, 1.807) is 0 Å². The van der Waals surface area contributed by atoms with Crippen molar-refractivity contribution < 1.29 is 0 Å². The zero-order valence-electron chi connectivity index (χ0n) is 6.63. The minimum Gasteiger partial charge on any atom is -0.321 e. The van der Waals surface area contributed by atoms with Gasteiger partial charge >= 0.3 is 0 Å². The maximum Gasteiger partial charge on any atom is 0.178 e. The summed E-state index contributed by atoms with van der Waals surface area (Å²) >= 11 is 6.82. The van der Waals surface area contributed by atoms with Crippen molar-refractivity contribution >= 4 is 31.9 Å². The second-order valence-electron chi connectivity index (χ2n) is 3.18. The van der Waals surface area contributed by atoms with E-state index in [1.165, 1.54) is 25.7 Å². The number of halogens is 2. The lowest BCUT2D eigenvalue weighted by Crippen LogP contribution is -2.02. The quantitative estimate of drug-likeness (QED) is 0.775. The number of rotatable bonds is 1. The van der Waals surface area contributed by atoms with E-state index in [9.17, 15) is 0 Å². The minimum atomic E-state index is 0.665. The van der Waals surface area contributed by atoms with Gasteiger partial charge in [0.25, 0.3) is 0 Å². The lowest BCUT2D eigenvalue weighted by Gasteiger charge is -2.11. The summed E-state index contributed by atoms with van der Waals surface area (Å²) in [5.41, 5.74) is 0. The molecule has 1 fully saturated rings. The van der Waals surface area contributed by atoms with E-state index < -0.39 is 0 Å². The molecule has 0 aromatic carbocycles. The van der Waals surface area contributed by atoms with Gasteiger partial charge in [-0.3, -0.25) is 0 Å². The smallest absolute Gasteiger partial charge is 0.178 e. The Morgan fingerprint density at radius 1 is 1.33 bits per heavy atom. The molecule has 0 spiro atoms. The van der Waals surface area contributed by atoms with Crippen molar-refractivity contribution in [3.8, 4) is 0 Å². The molecule has 4 heteroatoms. The highest BCUT2D eigenvalue weighted by Gasteiger charge is 2.19. The molecule has 0 atom stereocenters. The molecule has 12 heavy (non-hydrogen) atoms. The normalized spacial score (nSPS) is 18.8. The fourth-order valence-electron chi connectivity index (χ4n) is 1.78. The molecule has 1 aromatic rings. The summed E-state index contributed by atoms with van der Waals surface area (Å²) in [5.74, 6) is 0. The van der Waals surface area contributed by atoms with E-state index in [1.807, 2.05) is 0 Å². The Kier molecular flexibility index (Phi) is 2.55. The van der Waals surface area contributed by atoms with Crippen molar-refractivity contribution in [3.05, 3.63) is 15.5 Å². The molecule has 1 saturated carbocycles. The number of hydrogen-bond acceptors (Lipinski definition) is 1. The van der Waals surface area contributed by atoms with Crippen LogP contribution in [0.5, 0.6) is 0 Å². The van der Waals surface area contributed by atoms with Crippen molar-refractivity contribution in [1.29, 1.82) is 0 Å². The highest BCUT2D eigenvalue weighted by Crippen LogP contribution is 2.32. The predicted octanol–water partition coefficient (Wildman–Crippen LogP) is 3.52. The summed E-state index contributed by atoms with van der Waals surface area (Å²) < 4.78 is 4.08. The van der Waals surface area contributed by atoms with Gasteiger partial charge in [0, 0.05) is 12.2 Å². The molecule has 0 aliphatic heterocycles. The summed E-state index contributed by atoms with van der Waals surface area (Å²) in [6.07, 6.45) is 7.35. The van der Waals surface area contributed by atoms with Gasteiger partial charge in [-0.2, -0.15) is 0 Å². The van der Waals surface area contributed by atoms with E-state index >= 15 is 0 Å². The summed E-state index contributed by atoms with van der Waals surface area (Å²) in [6, 6.07) is 0.665. The van der Waals surface area contributed by atoms with E-state index in [0.29, 0.717) is 6.04 Å². The number of imidazole rings is 1.